The Labute approximate surface area is 188 Å². The highest BCUT2D eigenvalue weighted by Crippen LogP contribution is 2.42. The van der Waals surface area contributed by atoms with Crippen molar-refractivity contribution in [2.45, 2.75) is 43.1 Å². The summed E-state index contributed by atoms with van der Waals surface area (Å²) in [7, 11) is 0. The largest absolute Gasteiger partial charge is 0.508 e. The molecule has 1 aliphatic carbocycles. The van der Waals surface area contributed by atoms with E-state index in [0.717, 1.165) is 0 Å². The number of aliphatic hydroxyl groups excluding tert-OH is 5. The summed E-state index contributed by atoms with van der Waals surface area (Å²) < 4.78 is 22.3. The van der Waals surface area contributed by atoms with Gasteiger partial charge in [-0.05, 0) is 42.0 Å². The van der Waals surface area contributed by atoms with E-state index in [9.17, 15) is 35.4 Å². The van der Waals surface area contributed by atoms with Gasteiger partial charge in [0.2, 0.25) is 6.29 Å². The number of aliphatic hydroxyl groups is 5. The number of phenolic OH excluding ortho intramolecular Hbond substituents is 1. The molecule has 6 N–H and O–H groups in total. The van der Waals surface area contributed by atoms with Gasteiger partial charge in [0.15, 0.2) is 6.29 Å². The van der Waals surface area contributed by atoms with E-state index in [2.05, 4.69) is 0 Å². The first kappa shape index (κ1) is 23.6. The number of fused-ring (bicyclic) bond motifs is 1. The molecule has 0 spiro atoms. The average molecular weight is 466 g/mol. The summed E-state index contributed by atoms with van der Waals surface area (Å²) in [6.45, 7) is -0.987. The molecule has 1 fully saturated rings. The van der Waals surface area contributed by atoms with Crippen LogP contribution in [0.2, 0.25) is 0 Å². The molecule has 11 heteroatoms. The Hall–Kier alpha value is -2.51. The molecule has 11 nitrogen and oxygen atoms in total. The molecule has 0 bridgehead atoms. The molecule has 0 unspecified atom stereocenters. The van der Waals surface area contributed by atoms with Crippen LogP contribution in [-0.4, -0.2) is 92.9 Å². The van der Waals surface area contributed by atoms with E-state index in [1.807, 2.05) is 0 Å². The highest BCUT2D eigenvalue weighted by Gasteiger charge is 2.50. The van der Waals surface area contributed by atoms with Gasteiger partial charge in [-0.2, -0.15) is 0 Å². The molecule has 1 saturated heterocycles. The van der Waals surface area contributed by atoms with E-state index in [0.29, 0.717) is 5.57 Å². The molecule has 0 radical (unpaired) electrons. The second kappa shape index (κ2) is 9.77. The molecule has 4 rings (SSSR count). The highest BCUT2D eigenvalue weighted by molar-refractivity contribution is 5.89. The Kier molecular flexibility index (Phi) is 7.00. The van der Waals surface area contributed by atoms with Crippen LogP contribution in [0, 0.1) is 11.8 Å². The van der Waals surface area contributed by atoms with Crippen LogP contribution in [0.3, 0.4) is 0 Å². The monoisotopic (exact) mass is 466 g/mol. The van der Waals surface area contributed by atoms with Crippen molar-refractivity contribution < 1.29 is 54.4 Å². The fourth-order valence-corrected chi connectivity index (χ4v) is 4.26. The summed E-state index contributed by atoms with van der Waals surface area (Å²) in [6.07, 6.45) is -4.61. The summed E-state index contributed by atoms with van der Waals surface area (Å²) >= 11 is 0. The van der Waals surface area contributed by atoms with E-state index >= 15 is 0 Å². The van der Waals surface area contributed by atoms with Gasteiger partial charge in [-0.1, -0.05) is 0 Å². The number of esters is 1. The second-order valence-corrected chi connectivity index (χ2v) is 8.09. The molecule has 3 aliphatic rings. The lowest BCUT2D eigenvalue weighted by Crippen LogP contribution is -2.60. The minimum atomic E-state index is -1.62. The van der Waals surface area contributed by atoms with Gasteiger partial charge in [-0.15, -0.1) is 0 Å². The van der Waals surface area contributed by atoms with Gasteiger partial charge in [0.25, 0.3) is 0 Å². The van der Waals surface area contributed by atoms with Crippen molar-refractivity contribution in [1.82, 2.24) is 0 Å². The molecule has 2 aliphatic heterocycles. The molecular weight excluding hydrogens is 440 g/mol. The van der Waals surface area contributed by atoms with Crippen molar-refractivity contribution >= 4 is 5.97 Å². The maximum atomic E-state index is 12.5. The molecule has 1 aromatic rings. The Morgan fingerprint density at radius 2 is 1.73 bits per heavy atom. The lowest BCUT2D eigenvalue weighted by molar-refractivity contribution is -0.339. The zero-order valence-corrected chi connectivity index (χ0v) is 17.4. The predicted octanol–water partition coefficient (Wildman–Crippen LogP) is -1.23. The lowest BCUT2D eigenvalue weighted by Gasteiger charge is -2.42. The lowest BCUT2D eigenvalue weighted by atomic mass is 9.88. The molecule has 180 valence electrons. The van der Waals surface area contributed by atoms with Crippen molar-refractivity contribution in [3.8, 4) is 5.75 Å². The minimum Gasteiger partial charge on any atom is -0.508 e. The first-order valence-electron chi connectivity index (χ1n) is 10.4. The maximum Gasteiger partial charge on any atom is 0.338 e. The number of carbonyl (C=O) groups excluding carboxylic acids is 1. The number of phenols is 1. The third kappa shape index (κ3) is 4.62. The zero-order chi connectivity index (χ0) is 23.7. The van der Waals surface area contributed by atoms with Gasteiger partial charge >= 0.3 is 5.97 Å². The van der Waals surface area contributed by atoms with Crippen LogP contribution in [0.5, 0.6) is 5.75 Å². The molecule has 0 saturated carbocycles. The summed E-state index contributed by atoms with van der Waals surface area (Å²) in [6, 6.07) is 5.57. The summed E-state index contributed by atoms with van der Waals surface area (Å²) in [5.41, 5.74) is 0.711. The summed E-state index contributed by atoms with van der Waals surface area (Å²) in [5.74, 6) is -1.68. The van der Waals surface area contributed by atoms with E-state index in [1.165, 1.54) is 30.5 Å². The number of hydrogen-bond donors (Lipinski definition) is 6. The molecular formula is C22H26O11. The normalized spacial score (nSPS) is 37.7. The molecule has 33 heavy (non-hydrogen) atoms. The average Bonchev–Trinajstić information content (AvgIpc) is 3.18. The number of ether oxygens (including phenoxy) is 4. The highest BCUT2D eigenvalue weighted by atomic mass is 16.8. The quantitative estimate of drug-likeness (QED) is 0.219. The third-order valence-corrected chi connectivity index (χ3v) is 6.05. The van der Waals surface area contributed by atoms with E-state index in [4.69, 9.17) is 18.9 Å². The van der Waals surface area contributed by atoms with Crippen LogP contribution in [-0.2, 0) is 18.9 Å². The van der Waals surface area contributed by atoms with E-state index < -0.39 is 67.5 Å². The van der Waals surface area contributed by atoms with E-state index in [1.54, 1.807) is 12.2 Å². The second-order valence-electron chi connectivity index (χ2n) is 8.09. The summed E-state index contributed by atoms with van der Waals surface area (Å²) in [4.78, 5) is 12.5. The van der Waals surface area contributed by atoms with Crippen LogP contribution in [0.15, 0.2) is 48.3 Å². The van der Waals surface area contributed by atoms with Gasteiger partial charge in [-0.3, -0.25) is 0 Å². The third-order valence-electron chi connectivity index (χ3n) is 6.05. The fraction of sp³-hybridized carbons (Fsp3) is 0.500. The Morgan fingerprint density at radius 3 is 2.39 bits per heavy atom. The van der Waals surface area contributed by atoms with Gasteiger partial charge in [0, 0.05) is 5.92 Å². The fourth-order valence-electron chi connectivity index (χ4n) is 4.26. The maximum absolute atomic E-state index is 12.5. The smallest absolute Gasteiger partial charge is 0.338 e. The van der Waals surface area contributed by atoms with Crippen molar-refractivity contribution in [3.63, 3.8) is 0 Å². The minimum absolute atomic E-state index is 0.00971. The van der Waals surface area contributed by atoms with Crippen molar-refractivity contribution in [1.29, 1.82) is 0 Å². The van der Waals surface area contributed by atoms with Gasteiger partial charge in [0.05, 0.1) is 31.0 Å². The zero-order valence-electron chi connectivity index (χ0n) is 17.4. The Bertz CT molecular complexity index is 896. The number of rotatable bonds is 6. The number of hydrogen-bond acceptors (Lipinski definition) is 11. The summed E-state index contributed by atoms with van der Waals surface area (Å²) in [5, 5.41) is 58.8. The van der Waals surface area contributed by atoms with Gasteiger partial charge in [-0.25, -0.2) is 4.79 Å². The van der Waals surface area contributed by atoms with Crippen molar-refractivity contribution in [2.24, 2.45) is 11.8 Å². The number of carbonyl (C=O) groups is 1. The van der Waals surface area contributed by atoms with Crippen LogP contribution in [0.25, 0.3) is 0 Å². The predicted molar refractivity (Wildman–Crippen MR) is 108 cm³/mol. The van der Waals surface area contributed by atoms with Crippen LogP contribution in [0.1, 0.15) is 10.4 Å². The Morgan fingerprint density at radius 1 is 1.00 bits per heavy atom. The van der Waals surface area contributed by atoms with Crippen molar-refractivity contribution in [3.05, 3.63) is 53.8 Å². The van der Waals surface area contributed by atoms with Crippen LogP contribution >= 0.6 is 0 Å². The number of benzene rings is 1. The standard InChI is InChI=1S/C22H26O11/c23-8-11-7-14(31-20(29)10-1-3-12(25)4-2-10)13-5-6-30-21(16(11)13)33-22-19(28)18(27)17(26)15(9-24)32-22/h1-7,13-19,21-28H,8-9H2/t13-,14+,15+,16+,17-,18-,19-,21-,22+/m1/s1. The first-order chi connectivity index (χ1) is 15.8. The molecule has 1 aromatic carbocycles. The Balaban J connectivity index is 1.49. The molecule has 9 atom stereocenters. The first-order valence-corrected chi connectivity index (χ1v) is 10.4. The van der Waals surface area contributed by atoms with Crippen molar-refractivity contribution in [2.75, 3.05) is 13.2 Å². The van der Waals surface area contributed by atoms with Crippen LogP contribution in [0.4, 0.5) is 0 Å². The molecule has 0 amide bonds. The number of aromatic hydroxyl groups is 1. The van der Waals surface area contributed by atoms with Gasteiger partial charge < -0.3 is 49.6 Å². The molecule has 2 heterocycles. The molecule has 0 aromatic heterocycles. The topological polar surface area (TPSA) is 175 Å². The van der Waals surface area contributed by atoms with Crippen LogP contribution < -0.4 is 0 Å². The van der Waals surface area contributed by atoms with E-state index in [-0.39, 0.29) is 17.9 Å². The van der Waals surface area contributed by atoms with Gasteiger partial charge in [0.1, 0.15) is 36.3 Å². The SMILES string of the molecule is O=C(O[C@H]1C=C(CO)[C@@H]2[C@@H](O[C@@H]3O[C@@H](CO)[C@@H](O)[C@@H](O)[C@H]3O)OC=C[C@@H]21)c1ccc(O)cc1.